The second-order valence-electron chi connectivity index (χ2n) is 3.76. The van der Waals surface area contributed by atoms with Crippen LogP contribution in [0.5, 0.6) is 0 Å². The van der Waals surface area contributed by atoms with Crippen LogP contribution in [0, 0.1) is 0 Å². The normalized spacial score (nSPS) is 10.8. The van der Waals surface area contributed by atoms with Gasteiger partial charge in [0, 0.05) is 11.5 Å². The molecule has 0 radical (unpaired) electrons. The first kappa shape index (κ1) is 9.07. The van der Waals surface area contributed by atoms with Gasteiger partial charge in [-0.2, -0.15) is 0 Å². The summed E-state index contributed by atoms with van der Waals surface area (Å²) in [5.41, 5.74) is 2.37. The minimum absolute atomic E-state index is 0.451. The highest BCUT2D eigenvalue weighted by Crippen LogP contribution is 2.25. The van der Waals surface area contributed by atoms with Gasteiger partial charge in [0.25, 0.3) is 0 Å². The molecule has 1 aromatic carbocycles. The van der Waals surface area contributed by atoms with E-state index < -0.39 is 0 Å². The number of hydrogen-bond acceptors (Lipinski definition) is 1. The minimum Gasteiger partial charge on any atom is -0.468 e. The molecule has 1 heteroatoms. The Labute approximate surface area is 84.4 Å². The quantitative estimate of drug-likeness (QED) is 0.689. The fraction of sp³-hybridized carbons (Fsp3) is 0.231. The maximum absolute atomic E-state index is 5.48. The molecule has 14 heavy (non-hydrogen) atoms. The topological polar surface area (TPSA) is 13.1 Å². The second-order valence-corrected chi connectivity index (χ2v) is 3.76. The molecule has 0 aliphatic heterocycles. The zero-order valence-electron chi connectivity index (χ0n) is 8.53. The summed E-state index contributed by atoms with van der Waals surface area (Å²) in [5.74, 6) is 1.50. The minimum atomic E-state index is 0.451. The molecule has 0 N–H and O–H groups in total. The van der Waals surface area contributed by atoms with Gasteiger partial charge in [-0.05, 0) is 11.6 Å². The molecule has 2 aromatic rings. The maximum Gasteiger partial charge on any atom is 0.106 e. The number of benzene rings is 1. The molecule has 0 bridgehead atoms. The van der Waals surface area contributed by atoms with E-state index in [0.29, 0.717) is 5.92 Å². The third-order valence-electron chi connectivity index (χ3n) is 2.30. The summed E-state index contributed by atoms with van der Waals surface area (Å²) < 4.78 is 5.48. The van der Waals surface area contributed by atoms with Crippen LogP contribution in [0.1, 0.15) is 25.5 Å². The van der Waals surface area contributed by atoms with Crippen molar-refractivity contribution >= 4 is 0 Å². The Morgan fingerprint density at radius 3 is 2.29 bits per heavy atom. The van der Waals surface area contributed by atoms with E-state index in [1.807, 2.05) is 24.5 Å². The van der Waals surface area contributed by atoms with Crippen molar-refractivity contribution in [1.29, 1.82) is 0 Å². The summed E-state index contributed by atoms with van der Waals surface area (Å²) >= 11 is 0. The Morgan fingerprint density at radius 1 is 1.00 bits per heavy atom. The van der Waals surface area contributed by atoms with Crippen LogP contribution in [0.15, 0.2) is 47.1 Å². The van der Waals surface area contributed by atoms with Crippen LogP contribution in [0.3, 0.4) is 0 Å². The van der Waals surface area contributed by atoms with E-state index in [1.54, 1.807) is 0 Å². The van der Waals surface area contributed by atoms with Gasteiger partial charge in [-0.25, -0.2) is 0 Å². The van der Waals surface area contributed by atoms with E-state index in [-0.39, 0.29) is 0 Å². The molecule has 0 fully saturated rings. The van der Waals surface area contributed by atoms with Gasteiger partial charge in [-0.15, -0.1) is 0 Å². The van der Waals surface area contributed by atoms with Crippen molar-refractivity contribution < 1.29 is 4.42 Å². The summed E-state index contributed by atoms with van der Waals surface area (Å²) in [5, 5.41) is 0. The van der Waals surface area contributed by atoms with Gasteiger partial charge in [0.15, 0.2) is 0 Å². The van der Waals surface area contributed by atoms with Gasteiger partial charge in [0.05, 0.1) is 6.26 Å². The standard InChI is InChI=1S/C13H14O/c1-10(2)13-8-12(9-14-13)11-6-4-3-5-7-11/h3-10H,1-2H3. The predicted octanol–water partition coefficient (Wildman–Crippen LogP) is 4.07. The summed E-state index contributed by atoms with van der Waals surface area (Å²) in [4.78, 5) is 0. The first-order valence-electron chi connectivity index (χ1n) is 4.91. The van der Waals surface area contributed by atoms with Crippen molar-refractivity contribution in [2.24, 2.45) is 0 Å². The van der Waals surface area contributed by atoms with E-state index >= 15 is 0 Å². The van der Waals surface area contributed by atoms with Crippen molar-refractivity contribution in [3.8, 4) is 11.1 Å². The van der Waals surface area contributed by atoms with Gasteiger partial charge in [-0.1, -0.05) is 44.2 Å². The largest absolute Gasteiger partial charge is 0.468 e. The van der Waals surface area contributed by atoms with E-state index in [9.17, 15) is 0 Å². The molecule has 0 saturated carbocycles. The van der Waals surface area contributed by atoms with E-state index in [4.69, 9.17) is 4.42 Å². The lowest BCUT2D eigenvalue weighted by atomic mass is 10.1. The van der Waals surface area contributed by atoms with E-state index in [2.05, 4.69) is 32.0 Å². The molecule has 0 atom stereocenters. The highest BCUT2D eigenvalue weighted by Gasteiger charge is 2.06. The zero-order chi connectivity index (χ0) is 9.97. The van der Waals surface area contributed by atoms with Crippen LogP contribution in [-0.4, -0.2) is 0 Å². The third-order valence-corrected chi connectivity index (χ3v) is 2.30. The molecular formula is C13H14O. The number of hydrogen-bond donors (Lipinski definition) is 0. The molecule has 0 spiro atoms. The fourth-order valence-electron chi connectivity index (χ4n) is 1.44. The van der Waals surface area contributed by atoms with Gasteiger partial charge in [-0.3, -0.25) is 0 Å². The van der Waals surface area contributed by atoms with Crippen LogP contribution < -0.4 is 0 Å². The highest BCUT2D eigenvalue weighted by molar-refractivity contribution is 5.62. The molecule has 2 rings (SSSR count). The predicted molar refractivity (Wildman–Crippen MR) is 58.2 cm³/mol. The third kappa shape index (κ3) is 1.72. The molecular weight excluding hydrogens is 172 g/mol. The van der Waals surface area contributed by atoms with Crippen LogP contribution in [0.25, 0.3) is 11.1 Å². The van der Waals surface area contributed by atoms with E-state index in [0.717, 1.165) is 11.3 Å². The monoisotopic (exact) mass is 186 g/mol. The maximum atomic E-state index is 5.48. The Morgan fingerprint density at radius 2 is 1.71 bits per heavy atom. The van der Waals surface area contributed by atoms with Crippen LogP contribution >= 0.6 is 0 Å². The molecule has 1 aromatic heterocycles. The van der Waals surface area contributed by atoms with Gasteiger partial charge < -0.3 is 4.42 Å². The van der Waals surface area contributed by atoms with Gasteiger partial charge in [0.2, 0.25) is 0 Å². The Hall–Kier alpha value is -1.50. The van der Waals surface area contributed by atoms with Crippen LogP contribution in [0.2, 0.25) is 0 Å². The highest BCUT2D eigenvalue weighted by atomic mass is 16.3. The first-order chi connectivity index (χ1) is 6.77. The second kappa shape index (κ2) is 3.70. The average Bonchev–Trinajstić information content (AvgIpc) is 2.68. The number of furan rings is 1. The Balaban J connectivity index is 2.34. The lowest BCUT2D eigenvalue weighted by Gasteiger charge is -1.96. The SMILES string of the molecule is CC(C)c1cc(-c2ccccc2)co1. The zero-order valence-corrected chi connectivity index (χ0v) is 8.53. The van der Waals surface area contributed by atoms with Gasteiger partial charge >= 0.3 is 0 Å². The molecule has 1 heterocycles. The van der Waals surface area contributed by atoms with Crippen molar-refractivity contribution in [1.82, 2.24) is 0 Å². The lowest BCUT2D eigenvalue weighted by molar-refractivity contribution is 0.487. The molecule has 0 saturated heterocycles. The molecule has 1 nitrogen and oxygen atoms in total. The van der Waals surface area contributed by atoms with Gasteiger partial charge in [0.1, 0.15) is 5.76 Å². The summed E-state index contributed by atoms with van der Waals surface area (Å²) in [7, 11) is 0. The Kier molecular flexibility index (Phi) is 2.40. The Bertz CT molecular complexity index is 398. The lowest BCUT2D eigenvalue weighted by Crippen LogP contribution is -1.80. The van der Waals surface area contributed by atoms with Crippen molar-refractivity contribution in [2.45, 2.75) is 19.8 Å². The molecule has 0 amide bonds. The van der Waals surface area contributed by atoms with Crippen molar-refractivity contribution in [2.75, 3.05) is 0 Å². The smallest absolute Gasteiger partial charge is 0.106 e. The molecule has 0 aliphatic rings. The van der Waals surface area contributed by atoms with Crippen molar-refractivity contribution in [3.63, 3.8) is 0 Å². The summed E-state index contributed by atoms with van der Waals surface area (Å²) in [6.07, 6.45) is 1.82. The first-order valence-corrected chi connectivity index (χ1v) is 4.91. The van der Waals surface area contributed by atoms with E-state index in [1.165, 1.54) is 5.56 Å². The van der Waals surface area contributed by atoms with Crippen LogP contribution in [0.4, 0.5) is 0 Å². The van der Waals surface area contributed by atoms with Crippen molar-refractivity contribution in [3.05, 3.63) is 48.4 Å². The summed E-state index contributed by atoms with van der Waals surface area (Å²) in [6, 6.07) is 12.4. The van der Waals surface area contributed by atoms with Crippen LogP contribution in [-0.2, 0) is 0 Å². The average molecular weight is 186 g/mol. The molecule has 0 aliphatic carbocycles. The fourth-order valence-corrected chi connectivity index (χ4v) is 1.44. The number of rotatable bonds is 2. The molecule has 72 valence electrons. The summed E-state index contributed by atoms with van der Waals surface area (Å²) in [6.45, 7) is 4.27. The molecule has 0 unspecified atom stereocenters.